The number of aryl methyl sites for hydroxylation is 1. The summed E-state index contributed by atoms with van der Waals surface area (Å²) < 4.78 is 3.04. The number of hydrogen-bond acceptors (Lipinski definition) is 8. The Bertz CT molecular complexity index is 850. The van der Waals surface area contributed by atoms with Gasteiger partial charge in [0.25, 0.3) is 5.56 Å². The van der Waals surface area contributed by atoms with Crippen molar-refractivity contribution < 1.29 is 0 Å². The summed E-state index contributed by atoms with van der Waals surface area (Å²) in [6.07, 6.45) is 0.787. The Kier molecular flexibility index (Phi) is 3.64. The van der Waals surface area contributed by atoms with Gasteiger partial charge in [0.1, 0.15) is 5.01 Å². The number of nitrogens with zero attached hydrogens (tertiary/aromatic N) is 6. The molecule has 0 unspecified atom stereocenters. The molecule has 0 aliphatic heterocycles. The Hall–Kier alpha value is -1.94. The normalized spacial score (nSPS) is 11.3. The molecule has 0 aromatic carbocycles. The first-order chi connectivity index (χ1) is 10.1. The molecule has 0 radical (unpaired) electrons. The van der Waals surface area contributed by atoms with E-state index in [9.17, 15) is 4.79 Å². The third-order valence-corrected chi connectivity index (χ3v) is 4.97. The second kappa shape index (κ2) is 5.45. The van der Waals surface area contributed by atoms with Crippen molar-refractivity contribution in [2.75, 3.05) is 5.73 Å². The summed E-state index contributed by atoms with van der Waals surface area (Å²) in [6, 6.07) is 1.50. The average Bonchev–Trinajstić information content (AvgIpc) is 3.02. The van der Waals surface area contributed by atoms with Crippen LogP contribution in [0.3, 0.4) is 0 Å². The summed E-state index contributed by atoms with van der Waals surface area (Å²) in [5.41, 5.74) is 6.16. The molecule has 21 heavy (non-hydrogen) atoms. The maximum atomic E-state index is 12.0. The number of thioether (sulfide) groups is 1. The molecule has 0 bridgehead atoms. The minimum absolute atomic E-state index is 0.163. The predicted molar refractivity (Wildman–Crippen MR) is 81.5 cm³/mol. The summed E-state index contributed by atoms with van der Waals surface area (Å²) in [7, 11) is 1.79. The molecular formula is C11H13N7OS2. The lowest BCUT2D eigenvalue weighted by molar-refractivity contribution is 0.795. The highest BCUT2D eigenvalue weighted by molar-refractivity contribution is 7.98. The lowest BCUT2D eigenvalue weighted by Crippen LogP contribution is -2.15. The SMILES string of the molecule is CCc1nn2c(=O)cc(CSc3nnc(N)n3C)nc2s1. The summed E-state index contributed by atoms with van der Waals surface area (Å²) in [5.74, 6) is 0.882. The molecule has 10 heteroatoms. The van der Waals surface area contributed by atoms with Crippen LogP contribution in [-0.2, 0) is 19.2 Å². The van der Waals surface area contributed by atoms with Crippen LogP contribution in [0.2, 0.25) is 0 Å². The van der Waals surface area contributed by atoms with Gasteiger partial charge in [0.15, 0.2) is 5.16 Å². The van der Waals surface area contributed by atoms with Gasteiger partial charge in [0, 0.05) is 18.9 Å². The zero-order chi connectivity index (χ0) is 15.0. The fourth-order valence-corrected chi connectivity index (χ4v) is 3.37. The third kappa shape index (κ3) is 2.63. The van der Waals surface area contributed by atoms with Crippen LogP contribution < -0.4 is 11.3 Å². The molecule has 3 rings (SSSR count). The van der Waals surface area contributed by atoms with E-state index in [2.05, 4.69) is 20.3 Å². The molecule has 0 aliphatic rings. The monoisotopic (exact) mass is 323 g/mol. The summed E-state index contributed by atoms with van der Waals surface area (Å²) in [6.45, 7) is 2.00. The summed E-state index contributed by atoms with van der Waals surface area (Å²) in [4.78, 5) is 17.1. The van der Waals surface area contributed by atoms with Gasteiger partial charge in [-0.1, -0.05) is 30.0 Å². The van der Waals surface area contributed by atoms with E-state index in [1.54, 1.807) is 11.6 Å². The number of nitrogen functional groups attached to an aromatic ring is 1. The van der Waals surface area contributed by atoms with E-state index >= 15 is 0 Å². The number of anilines is 1. The van der Waals surface area contributed by atoms with Gasteiger partial charge < -0.3 is 5.73 Å². The quantitative estimate of drug-likeness (QED) is 0.705. The first-order valence-electron chi connectivity index (χ1n) is 6.25. The molecule has 8 nitrogen and oxygen atoms in total. The highest BCUT2D eigenvalue weighted by Crippen LogP contribution is 2.21. The molecule has 0 atom stereocenters. The predicted octanol–water partition coefficient (Wildman–Crippen LogP) is 0.716. The molecule has 0 spiro atoms. The number of rotatable bonds is 4. The molecule has 0 amide bonds. The van der Waals surface area contributed by atoms with Crippen LogP contribution in [0.1, 0.15) is 17.6 Å². The standard InChI is InChI=1S/C11H13N7OS2/c1-3-7-16-18-8(19)4-6(13-10(18)21-7)5-20-11-15-14-9(12)17(11)2/h4H,3,5H2,1-2H3,(H2,12,14). The van der Waals surface area contributed by atoms with Gasteiger partial charge in [-0.3, -0.25) is 9.36 Å². The Morgan fingerprint density at radius 3 is 2.90 bits per heavy atom. The van der Waals surface area contributed by atoms with E-state index in [0.717, 1.165) is 11.4 Å². The van der Waals surface area contributed by atoms with Crippen LogP contribution in [-0.4, -0.2) is 29.4 Å². The molecule has 0 saturated heterocycles. The number of aromatic nitrogens is 6. The Labute approximate surface area is 128 Å². The molecular weight excluding hydrogens is 310 g/mol. The minimum atomic E-state index is -0.163. The van der Waals surface area contributed by atoms with Crippen molar-refractivity contribution in [3.8, 4) is 0 Å². The zero-order valence-electron chi connectivity index (χ0n) is 11.5. The van der Waals surface area contributed by atoms with E-state index in [0.29, 0.717) is 27.5 Å². The third-order valence-electron chi connectivity index (χ3n) is 2.86. The van der Waals surface area contributed by atoms with Crippen molar-refractivity contribution in [1.29, 1.82) is 0 Å². The van der Waals surface area contributed by atoms with E-state index in [-0.39, 0.29) is 5.56 Å². The largest absolute Gasteiger partial charge is 0.368 e. The van der Waals surface area contributed by atoms with E-state index in [1.165, 1.54) is 33.7 Å². The summed E-state index contributed by atoms with van der Waals surface area (Å²) >= 11 is 2.87. The van der Waals surface area contributed by atoms with Crippen molar-refractivity contribution in [2.45, 2.75) is 24.3 Å². The van der Waals surface area contributed by atoms with Crippen LogP contribution in [0.15, 0.2) is 16.0 Å². The van der Waals surface area contributed by atoms with Crippen molar-refractivity contribution in [3.05, 3.63) is 27.1 Å². The topological polar surface area (TPSA) is 104 Å². The molecule has 3 aromatic rings. The van der Waals surface area contributed by atoms with Crippen LogP contribution >= 0.6 is 23.1 Å². The highest BCUT2D eigenvalue weighted by Gasteiger charge is 2.10. The van der Waals surface area contributed by atoms with Crippen molar-refractivity contribution >= 4 is 34.0 Å². The fourth-order valence-electron chi connectivity index (χ4n) is 1.70. The van der Waals surface area contributed by atoms with Gasteiger partial charge in [0.2, 0.25) is 10.9 Å². The average molecular weight is 323 g/mol. The molecule has 3 aromatic heterocycles. The van der Waals surface area contributed by atoms with Crippen molar-refractivity contribution in [3.63, 3.8) is 0 Å². The van der Waals surface area contributed by atoms with Crippen LogP contribution in [0.4, 0.5) is 5.95 Å². The van der Waals surface area contributed by atoms with Gasteiger partial charge in [-0.05, 0) is 6.42 Å². The first-order valence-corrected chi connectivity index (χ1v) is 8.05. The van der Waals surface area contributed by atoms with Gasteiger partial charge in [0.05, 0.1) is 5.69 Å². The second-order valence-electron chi connectivity index (χ2n) is 4.32. The van der Waals surface area contributed by atoms with Crippen molar-refractivity contribution in [2.24, 2.45) is 7.05 Å². The Morgan fingerprint density at radius 1 is 1.43 bits per heavy atom. The van der Waals surface area contributed by atoms with Crippen LogP contribution in [0.25, 0.3) is 4.96 Å². The molecule has 3 heterocycles. The van der Waals surface area contributed by atoms with Gasteiger partial charge in [-0.15, -0.1) is 10.2 Å². The van der Waals surface area contributed by atoms with E-state index in [4.69, 9.17) is 5.73 Å². The molecule has 110 valence electrons. The van der Waals surface area contributed by atoms with Crippen molar-refractivity contribution in [1.82, 2.24) is 29.4 Å². The van der Waals surface area contributed by atoms with Crippen LogP contribution in [0.5, 0.6) is 0 Å². The minimum Gasteiger partial charge on any atom is -0.368 e. The van der Waals surface area contributed by atoms with Gasteiger partial charge in [-0.25, -0.2) is 4.98 Å². The van der Waals surface area contributed by atoms with E-state index < -0.39 is 0 Å². The zero-order valence-corrected chi connectivity index (χ0v) is 13.1. The summed E-state index contributed by atoms with van der Waals surface area (Å²) in [5, 5.41) is 13.5. The molecule has 0 aliphatic carbocycles. The second-order valence-corrected chi connectivity index (χ2v) is 6.30. The maximum absolute atomic E-state index is 12.0. The highest BCUT2D eigenvalue weighted by atomic mass is 32.2. The van der Waals surface area contributed by atoms with Gasteiger partial charge in [-0.2, -0.15) is 9.61 Å². The Morgan fingerprint density at radius 2 is 2.24 bits per heavy atom. The lowest BCUT2D eigenvalue weighted by Gasteiger charge is -2.01. The Balaban J connectivity index is 1.87. The number of nitrogens with two attached hydrogens (primary N) is 1. The number of fused-ring (bicyclic) bond motifs is 1. The molecule has 2 N–H and O–H groups in total. The van der Waals surface area contributed by atoms with E-state index in [1.807, 2.05) is 6.92 Å². The van der Waals surface area contributed by atoms with Gasteiger partial charge >= 0.3 is 0 Å². The van der Waals surface area contributed by atoms with Crippen LogP contribution in [0, 0.1) is 0 Å². The smallest absolute Gasteiger partial charge is 0.275 e. The molecule has 0 fully saturated rings. The number of hydrogen-bond donors (Lipinski definition) is 1. The maximum Gasteiger partial charge on any atom is 0.275 e. The fraction of sp³-hybridized carbons (Fsp3) is 0.364. The molecule has 0 saturated carbocycles. The lowest BCUT2D eigenvalue weighted by atomic mass is 10.4. The first kappa shape index (κ1) is 14.0.